The predicted molar refractivity (Wildman–Crippen MR) is 103 cm³/mol. The summed E-state index contributed by atoms with van der Waals surface area (Å²) in [5.41, 5.74) is 3.57. The van der Waals surface area contributed by atoms with Crippen molar-refractivity contribution < 1.29 is 8.42 Å². The molecule has 0 atom stereocenters. The maximum atomic E-state index is 12.7. The van der Waals surface area contributed by atoms with Crippen molar-refractivity contribution in [1.82, 2.24) is 14.7 Å². The number of aromatic nitrogens is 2. The third-order valence-electron chi connectivity index (χ3n) is 4.61. The fourth-order valence-electron chi connectivity index (χ4n) is 3.58. The minimum atomic E-state index is -3.61. The zero-order chi connectivity index (χ0) is 18.3. The second-order valence-electron chi connectivity index (χ2n) is 6.90. The Morgan fingerprint density at radius 1 is 1.19 bits per heavy atom. The topological polar surface area (TPSA) is 78.1 Å². The van der Waals surface area contributed by atoms with E-state index >= 15 is 0 Å². The Kier molecular flexibility index (Phi) is 4.20. The number of pyridine rings is 1. The largest absolute Gasteiger partial charge is 0.357 e. The number of nitrogens with zero attached hydrogens (tertiary/aromatic N) is 2. The molecule has 0 unspecified atom stereocenters. The van der Waals surface area contributed by atoms with Crippen LogP contribution < -0.4 is 9.62 Å². The maximum Gasteiger partial charge on any atom is 0.244 e. The Morgan fingerprint density at radius 3 is 2.81 bits per heavy atom. The van der Waals surface area contributed by atoms with Gasteiger partial charge in [-0.25, -0.2) is 18.1 Å². The van der Waals surface area contributed by atoms with Gasteiger partial charge in [0.2, 0.25) is 10.0 Å². The molecule has 3 heterocycles. The van der Waals surface area contributed by atoms with E-state index in [9.17, 15) is 8.42 Å². The number of para-hydroxylation sites is 1. The molecule has 136 valence electrons. The highest BCUT2D eigenvalue weighted by Gasteiger charge is 2.27. The van der Waals surface area contributed by atoms with Crippen molar-refractivity contribution in [2.75, 3.05) is 11.4 Å². The van der Waals surface area contributed by atoms with Crippen molar-refractivity contribution in [3.8, 4) is 0 Å². The lowest BCUT2D eigenvalue weighted by Gasteiger charge is -2.29. The van der Waals surface area contributed by atoms with Gasteiger partial charge in [0, 0.05) is 35.4 Å². The number of hydrogen-bond donors (Lipinski definition) is 2. The van der Waals surface area contributed by atoms with Crippen LogP contribution in [0.3, 0.4) is 0 Å². The molecule has 1 aliphatic heterocycles. The van der Waals surface area contributed by atoms with Crippen molar-refractivity contribution in [3.63, 3.8) is 0 Å². The van der Waals surface area contributed by atoms with E-state index in [2.05, 4.69) is 26.8 Å². The minimum Gasteiger partial charge on any atom is -0.357 e. The van der Waals surface area contributed by atoms with E-state index in [4.69, 9.17) is 0 Å². The van der Waals surface area contributed by atoms with E-state index < -0.39 is 10.0 Å². The molecule has 0 aliphatic carbocycles. The van der Waals surface area contributed by atoms with Gasteiger partial charge in [-0.15, -0.1) is 0 Å². The number of H-pyrrole nitrogens is 1. The van der Waals surface area contributed by atoms with Gasteiger partial charge in [-0.2, -0.15) is 0 Å². The summed E-state index contributed by atoms with van der Waals surface area (Å²) in [5, 5.41) is 1.25. The first-order valence-electron chi connectivity index (χ1n) is 8.76. The zero-order valence-corrected chi connectivity index (χ0v) is 15.7. The first-order chi connectivity index (χ1) is 12.5. The number of fused-ring (bicyclic) bond motifs is 3. The number of aromatic amines is 1. The molecule has 2 aromatic heterocycles. The van der Waals surface area contributed by atoms with Crippen molar-refractivity contribution >= 4 is 26.7 Å². The van der Waals surface area contributed by atoms with E-state index in [1.54, 1.807) is 18.3 Å². The molecule has 6 nitrogen and oxygen atoms in total. The molecule has 0 spiro atoms. The fraction of sp³-hybridized carbons (Fsp3) is 0.316. The Morgan fingerprint density at radius 2 is 2.00 bits per heavy atom. The van der Waals surface area contributed by atoms with Crippen LogP contribution in [0.25, 0.3) is 10.9 Å². The lowest BCUT2D eigenvalue weighted by molar-refractivity contribution is 0.568. The summed E-state index contributed by atoms with van der Waals surface area (Å²) >= 11 is 0. The standard InChI is InChI=1S/C19H22N4O2S/c1-13(2)22-26(24,25)18-8-5-10-20-19(18)23-11-9-15-14-6-3-4-7-16(14)21-17(15)12-23/h3-8,10,13,21-22H,9,11-12H2,1-2H3. The molecule has 3 aromatic rings. The maximum absolute atomic E-state index is 12.7. The number of hydrogen-bond acceptors (Lipinski definition) is 4. The molecule has 0 bridgehead atoms. The van der Waals surface area contributed by atoms with Gasteiger partial charge in [-0.3, -0.25) is 0 Å². The van der Waals surface area contributed by atoms with Crippen molar-refractivity contribution in [1.29, 1.82) is 0 Å². The lowest BCUT2D eigenvalue weighted by Crippen LogP contribution is -2.35. The SMILES string of the molecule is CC(C)NS(=O)(=O)c1cccnc1N1CCc2c([nH]c3ccccc23)C1. The second kappa shape index (κ2) is 6.41. The third kappa shape index (κ3) is 2.97. The smallest absolute Gasteiger partial charge is 0.244 e. The molecule has 0 radical (unpaired) electrons. The summed E-state index contributed by atoms with van der Waals surface area (Å²) in [5.74, 6) is 0.505. The van der Waals surface area contributed by atoms with Gasteiger partial charge in [0.05, 0.1) is 6.54 Å². The summed E-state index contributed by atoms with van der Waals surface area (Å²) < 4.78 is 28.1. The Labute approximate surface area is 153 Å². The van der Waals surface area contributed by atoms with E-state index in [0.29, 0.717) is 12.4 Å². The van der Waals surface area contributed by atoms with Gasteiger partial charge in [-0.1, -0.05) is 18.2 Å². The molecule has 0 saturated heterocycles. The van der Waals surface area contributed by atoms with Crippen LogP contribution in [0.4, 0.5) is 5.82 Å². The summed E-state index contributed by atoms with van der Waals surface area (Å²) in [4.78, 5) is 10.1. The highest BCUT2D eigenvalue weighted by atomic mass is 32.2. The molecule has 0 saturated carbocycles. The fourth-order valence-corrected chi connectivity index (χ4v) is 5.00. The van der Waals surface area contributed by atoms with Gasteiger partial charge >= 0.3 is 0 Å². The molecule has 7 heteroatoms. The van der Waals surface area contributed by atoms with Crippen LogP contribution in [0.5, 0.6) is 0 Å². The van der Waals surface area contributed by atoms with Gasteiger partial charge in [0.1, 0.15) is 10.7 Å². The Balaban J connectivity index is 1.72. The van der Waals surface area contributed by atoms with Crippen LogP contribution in [0.1, 0.15) is 25.1 Å². The summed E-state index contributed by atoms with van der Waals surface area (Å²) in [6.45, 7) is 4.97. The van der Waals surface area contributed by atoms with Crippen LogP contribution in [0, 0.1) is 0 Å². The zero-order valence-electron chi connectivity index (χ0n) is 14.9. The predicted octanol–water partition coefficient (Wildman–Crippen LogP) is 2.81. The summed E-state index contributed by atoms with van der Waals surface area (Å²) in [6, 6.07) is 11.4. The molecule has 0 fully saturated rings. The molecule has 0 amide bonds. The van der Waals surface area contributed by atoms with Crippen molar-refractivity contribution in [2.24, 2.45) is 0 Å². The lowest BCUT2D eigenvalue weighted by atomic mass is 10.0. The molecular formula is C19H22N4O2S. The van der Waals surface area contributed by atoms with E-state index in [1.807, 2.05) is 30.9 Å². The molecule has 1 aliphatic rings. The molecule has 26 heavy (non-hydrogen) atoms. The quantitative estimate of drug-likeness (QED) is 0.740. The first-order valence-corrected chi connectivity index (χ1v) is 10.2. The molecule has 1 aromatic carbocycles. The van der Waals surface area contributed by atoms with Gasteiger partial charge in [0.25, 0.3) is 0 Å². The highest BCUT2D eigenvalue weighted by Crippen LogP contribution is 2.31. The van der Waals surface area contributed by atoms with Crippen LogP contribution in [0.2, 0.25) is 0 Å². The van der Waals surface area contributed by atoms with Crippen molar-refractivity contribution in [2.45, 2.75) is 37.8 Å². The Hall–Kier alpha value is -2.38. The monoisotopic (exact) mass is 370 g/mol. The van der Waals surface area contributed by atoms with E-state index in [1.165, 1.54) is 10.9 Å². The number of rotatable bonds is 4. The van der Waals surface area contributed by atoms with Gasteiger partial charge < -0.3 is 9.88 Å². The average Bonchev–Trinajstić information content (AvgIpc) is 2.98. The molecular weight excluding hydrogens is 348 g/mol. The number of nitrogens with one attached hydrogen (secondary N) is 2. The van der Waals surface area contributed by atoms with Crippen LogP contribution >= 0.6 is 0 Å². The van der Waals surface area contributed by atoms with Crippen LogP contribution in [-0.2, 0) is 23.0 Å². The minimum absolute atomic E-state index is 0.172. The van der Waals surface area contributed by atoms with Crippen LogP contribution in [-0.4, -0.2) is 31.0 Å². The highest BCUT2D eigenvalue weighted by molar-refractivity contribution is 7.89. The number of benzene rings is 1. The van der Waals surface area contributed by atoms with Gasteiger partial charge in [0.15, 0.2) is 0 Å². The third-order valence-corrected chi connectivity index (χ3v) is 6.29. The van der Waals surface area contributed by atoms with Gasteiger partial charge in [-0.05, 0) is 44.0 Å². The average molecular weight is 370 g/mol. The normalized spacial score (nSPS) is 14.8. The Bertz CT molecular complexity index is 1060. The summed E-state index contributed by atoms with van der Waals surface area (Å²) in [6.07, 6.45) is 2.50. The second-order valence-corrected chi connectivity index (χ2v) is 8.58. The number of anilines is 1. The van der Waals surface area contributed by atoms with Crippen molar-refractivity contribution in [3.05, 3.63) is 53.9 Å². The van der Waals surface area contributed by atoms with Crippen LogP contribution in [0.15, 0.2) is 47.5 Å². The van der Waals surface area contributed by atoms with E-state index in [-0.39, 0.29) is 10.9 Å². The summed E-state index contributed by atoms with van der Waals surface area (Å²) in [7, 11) is -3.61. The van der Waals surface area contributed by atoms with E-state index in [0.717, 1.165) is 24.2 Å². The number of sulfonamides is 1. The molecule has 4 rings (SSSR count). The first kappa shape index (κ1) is 17.1. The molecule has 2 N–H and O–H groups in total.